The van der Waals surface area contributed by atoms with E-state index in [0.29, 0.717) is 5.92 Å². The zero-order valence-corrected chi connectivity index (χ0v) is 17.6. The summed E-state index contributed by atoms with van der Waals surface area (Å²) in [5.74, 6) is 1.37. The fourth-order valence-electron chi connectivity index (χ4n) is 4.42. The van der Waals surface area contributed by atoms with E-state index in [1.165, 1.54) is 23.2 Å². The number of hydrogen-bond acceptors (Lipinski definition) is 5. The first-order chi connectivity index (χ1) is 13.6. The van der Waals surface area contributed by atoms with Crippen LogP contribution in [-0.4, -0.2) is 41.1 Å². The first-order valence-electron chi connectivity index (χ1n) is 10.8. The van der Waals surface area contributed by atoms with E-state index in [1.54, 1.807) is 11.2 Å². The molecule has 0 unspecified atom stereocenters. The lowest BCUT2D eigenvalue weighted by Gasteiger charge is -2.15. The zero-order chi connectivity index (χ0) is 19.7. The van der Waals surface area contributed by atoms with Gasteiger partial charge in [0.15, 0.2) is 11.4 Å². The van der Waals surface area contributed by atoms with Crippen molar-refractivity contribution in [3.05, 3.63) is 23.1 Å². The lowest BCUT2D eigenvalue weighted by atomic mass is 9.99. The van der Waals surface area contributed by atoms with Crippen molar-refractivity contribution in [2.45, 2.75) is 53.4 Å². The number of quaternary nitrogens is 1. The zero-order valence-electron chi connectivity index (χ0n) is 17.6. The summed E-state index contributed by atoms with van der Waals surface area (Å²) in [5, 5.41) is 4.58. The number of anilines is 1. The third kappa shape index (κ3) is 3.46. The number of aryl methyl sites for hydroxylation is 1. The summed E-state index contributed by atoms with van der Waals surface area (Å²) in [5.41, 5.74) is 6.42. The van der Waals surface area contributed by atoms with Crippen LogP contribution < -0.4 is 10.2 Å². The molecule has 3 heterocycles. The largest absolute Gasteiger partial charge is 0.432 e. The van der Waals surface area contributed by atoms with Crippen molar-refractivity contribution in [2.75, 3.05) is 31.5 Å². The van der Waals surface area contributed by atoms with Crippen LogP contribution in [0.15, 0.2) is 10.7 Å². The smallest absolute Gasteiger partial charge is 0.229 e. The molecule has 6 heteroatoms. The maximum atomic E-state index is 6.24. The molecule has 0 spiro atoms. The number of fused-ring (bicyclic) bond motifs is 5. The van der Waals surface area contributed by atoms with Gasteiger partial charge in [0.2, 0.25) is 5.71 Å². The first-order valence-corrected chi connectivity index (χ1v) is 10.8. The third-order valence-corrected chi connectivity index (χ3v) is 5.93. The van der Waals surface area contributed by atoms with Gasteiger partial charge in [-0.25, -0.2) is 15.0 Å². The van der Waals surface area contributed by atoms with Crippen LogP contribution in [0, 0.1) is 5.92 Å². The topological polar surface area (TPSA) is 68.3 Å². The van der Waals surface area contributed by atoms with Gasteiger partial charge in [-0.1, -0.05) is 13.8 Å². The summed E-state index contributed by atoms with van der Waals surface area (Å²) in [4.78, 5) is 15.5. The van der Waals surface area contributed by atoms with Gasteiger partial charge in [-0.2, -0.15) is 0 Å². The van der Waals surface area contributed by atoms with E-state index in [9.17, 15) is 0 Å². The highest BCUT2D eigenvalue weighted by Crippen LogP contribution is 2.38. The van der Waals surface area contributed by atoms with Gasteiger partial charge in [0, 0.05) is 5.69 Å². The molecule has 0 radical (unpaired) electrons. The number of nitrogens with one attached hydrogen (secondary N) is 2. The van der Waals surface area contributed by atoms with Crippen molar-refractivity contribution in [1.82, 2.24) is 15.0 Å². The van der Waals surface area contributed by atoms with Crippen LogP contribution in [0.4, 0.5) is 5.82 Å². The number of pyridine rings is 1. The van der Waals surface area contributed by atoms with Crippen LogP contribution in [0.3, 0.4) is 0 Å². The number of likely N-dealkylation sites (N-methyl/N-ethyl adjacent to an activating group) is 1. The summed E-state index contributed by atoms with van der Waals surface area (Å²) >= 11 is 0. The summed E-state index contributed by atoms with van der Waals surface area (Å²) in [6, 6.07) is 0. The molecule has 0 aliphatic heterocycles. The molecule has 4 rings (SSSR count). The van der Waals surface area contributed by atoms with Crippen LogP contribution in [0.2, 0.25) is 0 Å². The van der Waals surface area contributed by atoms with E-state index >= 15 is 0 Å². The molecule has 1 aliphatic rings. The van der Waals surface area contributed by atoms with Gasteiger partial charge in [-0.15, -0.1) is 0 Å². The first kappa shape index (κ1) is 19.1. The van der Waals surface area contributed by atoms with Gasteiger partial charge in [0.1, 0.15) is 11.8 Å². The van der Waals surface area contributed by atoms with Crippen LogP contribution in [0.5, 0.6) is 0 Å². The molecule has 0 atom stereocenters. The number of rotatable bonds is 8. The van der Waals surface area contributed by atoms with Crippen molar-refractivity contribution < 1.29 is 9.32 Å². The minimum Gasteiger partial charge on any atom is -0.432 e. The molecule has 1 aliphatic carbocycles. The molecular formula is C22H32N5O+. The van der Waals surface area contributed by atoms with Gasteiger partial charge >= 0.3 is 0 Å². The standard InChI is InChI=1S/C22H31N5O/c1-5-27(6-2)11-10-23-21-20-19(24-13-25-21)18-16-9-7-8-15(16)17(12-14(3)4)26-22(18)28-20/h13-14H,5-12H2,1-4H3,(H,23,24,25)/p+1. The number of hydrogen-bond donors (Lipinski definition) is 2. The van der Waals surface area contributed by atoms with Crippen molar-refractivity contribution in [3.63, 3.8) is 0 Å². The Kier molecular flexibility index (Phi) is 5.49. The van der Waals surface area contributed by atoms with Crippen molar-refractivity contribution in [3.8, 4) is 0 Å². The predicted octanol–water partition coefficient (Wildman–Crippen LogP) is 2.79. The Bertz CT molecular complexity index is 974. The maximum absolute atomic E-state index is 6.24. The summed E-state index contributed by atoms with van der Waals surface area (Å²) in [7, 11) is 0. The van der Waals surface area contributed by atoms with E-state index in [0.717, 1.165) is 73.5 Å². The van der Waals surface area contributed by atoms with Crippen molar-refractivity contribution in [2.24, 2.45) is 5.92 Å². The Morgan fingerprint density at radius 2 is 1.93 bits per heavy atom. The highest BCUT2D eigenvalue weighted by Gasteiger charge is 2.25. The highest BCUT2D eigenvalue weighted by molar-refractivity contribution is 6.06. The third-order valence-electron chi connectivity index (χ3n) is 5.93. The molecule has 0 saturated heterocycles. The van der Waals surface area contributed by atoms with E-state index in [-0.39, 0.29) is 0 Å². The van der Waals surface area contributed by atoms with Gasteiger partial charge < -0.3 is 14.6 Å². The Hall–Kier alpha value is -2.21. The molecule has 0 fully saturated rings. The van der Waals surface area contributed by atoms with Crippen LogP contribution in [0.25, 0.3) is 22.2 Å². The lowest BCUT2D eigenvalue weighted by Crippen LogP contribution is -3.12. The molecule has 0 saturated carbocycles. The number of furan rings is 1. The van der Waals surface area contributed by atoms with Crippen molar-refractivity contribution in [1.29, 1.82) is 0 Å². The van der Waals surface area contributed by atoms with E-state index in [1.807, 2.05) is 0 Å². The van der Waals surface area contributed by atoms with Gasteiger partial charge in [-0.05, 0) is 56.6 Å². The SMILES string of the molecule is CC[NH+](CC)CCNc1ncnc2c1oc1nc(CC(C)C)c3c(c12)CCC3. The number of nitrogens with zero attached hydrogens (tertiary/aromatic N) is 3. The molecule has 3 aromatic rings. The normalized spacial score (nSPS) is 13.9. The van der Waals surface area contributed by atoms with E-state index in [2.05, 4.69) is 43.0 Å². The van der Waals surface area contributed by atoms with Crippen molar-refractivity contribution >= 4 is 28.0 Å². The quantitative estimate of drug-likeness (QED) is 0.627. The van der Waals surface area contributed by atoms with E-state index in [4.69, 9.17) is 9.40 Å². The van der Waals surface area contributed by atoms with Crippen LogP contribution in [0.1, 0.15) is 50.9 Å². The average Bonchev–Trinajstić information content (AvgIpc) is 3.29. The highest BCUT2D eigenvalue weighted by atomic mass is 16.3. The van der Waals surface area contributed by atoms with Gasteiger partial charge in [-0.3, -0.25) is 0 Å². The minimum absolute atomic E-state index is 0.582. The average molecular weight is 383 g/mol. The molecule has 3 aromatic heterocycles. The maximum Gasteiger partial charge on any atom is 0.229 e. The second-order valence-electron chi connectivity index (χ2n) is 8.28. The Balaban J connectivity index is 1.74. The lowest BCUT2D eigenvalue weighted by molar-refractivity contribution is -0.894. The van der Waals surface area contributed by atoms with Crippen LogP contribution >= 0.6 is 0 Å². The minimum atomic E-state index is 0.582. The Labute approximate surface area is 166 Å². The van der Waals surface area contributed by atoms with Crippen LogP contribution in [-0.2, 0) is 19.3 Å². The predicted molar refractivity (Wildman–Crippen MR) is 113 cm³/mol. The van der Waals surface area contributed by atoms with E-state index < -0.39 is 0 Å². The second-order valence-corrected chi connectivity index (χ2v) is 8.28. The fourth-order valence-corrected chi connectivity index (χ4v) is 4.42. The molecule has 0 amide bonds. The summed E-state index contributed by atoms with van der Waals surface area (Å²) in [6.45, 7) is 13.1. The fraction of sp³-hybridized carbons (Fsp3) is 0.591. The van der Waals surface area contributed by atoms with Gasteiger partial charge in [0.05, 0.1) is 31.6 Å². The summed E-state index contributed by atoms with van der Waals surface area (Å²) < 4.78 is 6.24. The molecule has 2 N–H and O–H groups in total. The molecular weight excluding hydrogens is 350 g/mol. The second kappa shape index (κ2) is 8.03. The Morgan fingerprint density at radius 1 is 1.14 bits per heavy atom. The Morgan fingerprint density at radius 3 is 2.68 bits per heavy atom. The monoisotopic (exact) mass is 382 g/mol. The molecule has 28 heavy (non-hydrogen) atoms. The van der Waals surface area contributed by atoms with Gasteiger partial charge in [0.25, 0.3) is 0 Å². The summed E-state index contributed by atoms with van der Waals surface area (Å²) in [6.07, 6.45) is 6.05. The molecule has 6 nitrogen and oxygen atoms in total. The molecule has 0 aromatic carbocycles. The molecule has 150 valence electrons. The molecule has 0 bridgehead atoms. The number of aromatic nitrogens is 3.